The van der Waals surface area contributed by atoms with Gasteiger partial charge in [0, 0.05) is 25.0 Å². The molecule has 5 nitrogen and oxygen atoms in total. The lowest BCUT2D eigenvalue weighted by Gasteiger charge is -2.18. The maximum Gasteiger partial charge on any atom is 0.233 e. The third kappa shape index (κ3) is 4.54. The fourth-order valence-corrected chi connectivity index (χ4v) is 4.82. The first-order valence-corrected chi connectivity index (χ1v) is 11.3. The Balaban J connectivity index is 1.48. The van der Waals surface area contributed by atoms with E-state index in [0.717, 1.165) is 35.0 Å². The number of ether oxygens (including phenoxy) is 1. The molecule has 1 aromatic heterocycles. The Hall–Kier alpha value is -2.73. The van der Waals surface area contributed by atoms with Crippen LogP contribution >= 0.6 is 11.8 Å². The molecule has 0 radical (unpaired) electrons. The monoisotopic (exact) mass is 421 g/mol. The van der Waals surface area contributed by atoms with Crippen LogP contribution in [0.4, 0.5) is 0 Å². The second kappa shape index (κ2) is 9.39. The van der Waals surface area contributed by atoms with Gasteiger partial charge in [0.15, 0.2) is 5.16 Å². The summed E-state index contributed by atoms with van der Waals surface area (Å²) < 4.78 is 7.52. The van der Waals surface area contributed by atoms with Crippen LogP contribution < -0.4 is 4.74 Å². The number of thioether (sulfide) groups is 1. The molecule has 0 spiro atoms. The van der Waals surface area contributed by atoms with Gasteiger partial charge in [0.2, 0.25) is 5.91 Å². The van der Waals surface area contributed by atoms with E-state index in [9.17, 15) is 4.79 Å². The number of aromatic nitrogens is 2. The lowest BCUT2D eigenvalue weighted by Crippen LogP contribution is -2.27. The first kappa shape index (κ1) is 20.5. The van der Waals surface area contributed by atoms with Gasteiger partial charge in [-0.05, 0) is 55.5 Å². The zero-order valence-corrected chi connectivity index (χ0v) is 18.3. The average molecular weight is 422 g/mol. The number of hydrogen-bond donors (Lipinski definition) is 0. The van der Waals surface area contributed by atoms with Crippen molar-refractivity contribution < 1.29 is 9.53 Å². The van der Waals surface area contributed by atoms with E-state index in [0.29, 0.717) is 12.3 Å². The largest absolute Gasteiger partial charge is 0.497 e. The molecule has 0 unspecified atom stereocenters. The molecule has 0 fully saturated rings. The van der Waals surface area contributed by atoms with E-state index in [-0.39, 0.29) is 5.91 Å². The second-order valence-corrected chi connectivity index (χ2v) is 8.50. The number of carbonyl (C=O) groups excluding carboxylic acids is 1. The normalized spacial score (nSPS) is 13.0. The van der Waals surface area contributed by atoms with Crippen LogP contribution in [0.5, 0.6) is 5.75 Å². The van der Waals surface area contributed by atoms with Crippen LogP contribution in [0.3, 0.4) is 0 Å². The zero-order chi connectivity index (χ0) is 20.9. The van der Waals surface area contributed by atoms with Crippen LogP contribution in [0.1, 0.15) is 29.8 Å². The number of aryl methyl sites for hydroxylation is 1. The summed E-state index contributed by atoms with van der Waals surface area (Å²) in [6.07, 6.45) is 4.44. The van der Waals surface area contributed by atoms with Crippen molar-refractivity contribution in [3.8, 4) is 11.4 Å². The van der Waals surface area contributed by atoms with Crippen LogP contribution in [-0.2, 0) is 24.2 Å². The predicted octanol–water partition coefficient (Wildman–Crippen LogP) is 4.51. The van der Waals surface area contributed by atoms with Gasteiger partial charge >= 0.3 is 0 Å². The maximum atomic E-state index is 12.8. The summed E-state index contributed by atoms with van der Waals surface area (Å²) in [6.45, 7) is 0.556. The van der Waals surface area contributed by atoms with Crippen molar-refractivity contribution in [3.05, 3.63) is 71.5 Å². The fraction of sp³-hybridized carbons (Fsp3) is 0.333. The molecule has 4 rings (SSSR count). The van der Waals surface area contributed by atoms with Crippen molar-refractivity contribution in [2.24, 2.45) is 0 Å². The summed E-state index contributed by atoms with van der Waals surface area (Å²) in [5.74, 6) is 1.25. The molecule has 156 valence electrons. The van der Waals surface area contributed by atoms with Gasteiger partial charge in [-0.3, -0.25) is 9.36 Å². The van der Waals surface area contributed by atoms with E-state index < -0.39 is 0 Å². The molecule has 0 aliphatic heterocycles. The number of nitrogens with zero attached hydrogens (tertiary/aromatic N) is 3. The number of hydrogen-bond acceptors (Lipinski definition) is 4. The molecule has 0 atom stereocenters. The van der Waals surface area contributed by atoms with Crippen molar-refractivity contribution in [2.45, 2.75) is 37.4 Å². The standard InChI is InChI=1S/C24H27N3O2S/c1-26(16-18-9-8-12-20(15-18)29-2)23(28)17-30-24-25-21-13-6-7-14-22(21)27(24)19-10-4-3-5-11-19/h3-5,8-12,15H,6-7,13-14,16-17H2,1-2H3. The molecular weight excluding hydrogens is 394 g/mol. The third-order valence-electron chi connectivity index (χ3n) is 5.42. The van der Waals surface area contributed by atoms with Gasteiger partial charge in [0.1, 0.15) is 5.75 Å². The highest BCUT2D eigenvalue weighted by Gasteiger charge is 2.22. The minimum Gasteiger partial charge on any atom is -0.497 e. The lowest BCUT2D eigenvalue weighted by molar-refractivity contribution is -0.127. The Bertz CT molecular complexity index is 1020. The number of rotatable bonds is 7. The van der Waals surface area contributed by atoms with E-state index in [4.69, 9.17) is 9.72 Å². The Labute approximate surface area is 182 Å². The molecule has 3 aromatic rings. The van der Waals surface area contributed by atoms with Crippen molar-refractivity contribution in [2.75, 3.05) is 19.9 Å². The van der Waals surface area contributed by atoms with Crippen molar-refractivity contribution in [1.29, 1.82) is 0 Å². The highest BCUT2D eigenvalue weighted by atomic mass is 32.2. The summed E-state index contributed by atoms with van der Waals surface area (Å²) in [5.41, 5.74) is 4.65. The van der Waals surface area contributed by atoms with Gasteiger partial charge in [-0.15, -0.1) is 0 Å². The maximum absolute atomic E-state index is 12.8. The highest BCUT2D eigenvalue weighted by molar-refractivity contribution is 7.99. The predicted molar refractivity (Wildman–Crippen MR) is 120 cm³/mol. The Morgan fingerprint density at radius 2 is 1.93 bits per heavy atom. The van der Waals surface area contributed by atoms with E-state index in [2.05, 4.69) is 16.7 Å². The van der Waals surface area contributed by atoms with Crippen molar-refractivity contribution in [3.63, 3.8) is 0 Å². The van der Waals surface area contributed by atoms with Crippen LogP contribution in [0.15, 0.2) is 59.8 Å². The zero-order valence-electron chi connectivity index (χ0n) is 17.5. The van der Waals surface area contributed by atoms with Crippen LogP contribution in [-0.4, -0.2) is 40.3 Å². The molecule has 1 amide bonds. The summed E-state index contributed by atoms with van der Waals surface area (Å²) in [6, 6.07) is 18.2. The first-order chi connectivity index (χ1) is 14.7. The van der Waals surface area contributed by atoms with Gasteiger partial charge < -0.3 is 9.64 Å². The highest BCUT2D eigenvalue weighted by Crippen LogP contribution is 2.30. The van der Waals surface area contributed by atoms with E-state index in [1.165, 1.54) is 36.0 Å². The molecule has 1 aliphatic carbocycles. The van der Waals surface area contributed by atoms with Crippen molar-refractivity contribution >= 4 is 17.7 Å². The van der Waals surface area contributed by atoms with Crippen molar-refractivity contribution in [1.82, 2.24) is 14.5 Å². The van der Waals surface area contributed by atoms with Gasteiger partial charge in [0.05, 0.1) is 18.6 Å². The molecule has 0 saturated heterocycles. The summed E-state index contributed by atoms with van der Waals surface area (Å²) in [4.78, 5) is 19.5. The molecule has 1 heterocycles. The number of amides is 1. The van der Waals surface area contributed by atoms with E-state index in [1.807, 2.05) is 49.5 Å². The quantitative estimate of drug-likeness (QED) is 0.527. The molecule has 0 N–H and O–H groups in total. The number of para-hydroxylation sites is 1. The number of imidazole rings is 1. The fourth-order valence-electron chi connectivity index (χ4n) is 3.83. The van der Waals surface area contributed by atoms with Gasteiger partial charge in [-0.25, -0.2) is 4.98 Å². The molecule has 0 saturated carbocycles. The molecule has 0 bridgehead atoms. The first-order valence-electron chi connectivity index (χ1n) is 10.3. The van der Waals surface area contributed by atoms with E-state index >= 15 is 0 Å². The molecule has 30 heavy (non-hydrogen) atoms. The number of methoxy groups -OCH3 is 1. The summed E-state index contributed by atoms with van der Waals surface area (Å²) >= 11 is 1.53. The number of benzene rings is 2. The summed E-state index contributed by atoms with van der Waals surface area (Å²) in [7, 11) is 3.50. The third-order valence-corrected chi connectivity index (χ3v) is 6.34. The smallest absolute Gasteiger partial charge is 0.233 e. The van der Waals surface area contributed by atoms with Gasteiger partial charge in [0.25, 0.3) is 0 Å². The molecule has 1 aliphatic rings. The molecular formula is C24H27N3O2S. The Morgan fingerprint density at radius 3 is 2.73 bits per heavy atom. The minimum atomic E-state index is 0.0865. The topological polar surface area (TPSA) is 47.4 Å². The van der Waals surface area contributed by atoms with E-state index in [1.54, 1.807) is 12.0 Å². The summed E-state index contributed by atoms with van der Waals surface area (Å²) in [5, 5.41) is 0.913. The molecule has 2 aromatic carbocycles. The Morgan fingerprint density at radius 1 is 1.13 bits per heavy atom. The van der Waals surface area contributed by atoms with Crippen LogP contribution in [0.25, 0.3) is 5.69 Å². The second-order valence-electron chi connectivity index (χ2n) is 7.56. The molecule has 6 heteroatoms. The van der Waals surface area contributed by atoms with Gasteiger partial charge in [-0.1, -0.05) is 42.1 Å². The van der Waals surface area contributed by atoms with Crippen LogP contribution in [0.2, 0.25) is 0 Å². The Kier molecular flexibility index (Phi) is 6.43. The number of carbonyl (C=O) groups is 1. The SMILES string of the molecule is COc1cccc(CN(C)C(=O)CSc2nc3c(n2-c2ccccc2)CCCC3)c1. The minimum absolute atomic E-state index is 0.0865. The van der Waals surface area contributed by atoms with Crippen LogP contribution in [0, 0.1) is 0 Å². The average Bonchev–Trinajstić information content (AvgIpc) is 3.16. The van der Waals surface area contributed by atoms with Gasteiger partial charge in [-0.2, -0.15) is 0 Å². The lowest BCUT2D eigenvalue weighted by atomic mass is 10.0. The number of fused-ring (bicyclic) bond motifs is 1.